The lowest BCUT2D eigenvalue weighted by molar-refractivity contribution is -0.107. The van der Waals surface area contributed by atoms with Gasteiger partial charge >= 0.3 is 0 Å². The fourth-order valence-corrected chi connectivity index (χ4v) is 5.36. The van der Waals surface area contributed by atoms with Gasteiger partial charge in [0.25, 0.3) is 0 Å². The van der Waals surface area contributed by atoms with E-state index in [2.05, 4.69) is 42.9 Å². The number of likely N-dealkylation sites (tertiary alicyclic amines) is 1. The first-order valence-electron chi connectivity index (χ1n) is 9.51. The number of hydrogen-bond donors (Lipinski definition) is 1. The molecule has 5 heteroatoms. The molecule has 2 aliphatic heterocycles. The number of halogens is 1. The summed E-state index contributed by atoms with van der Waals surface area (Å²) in [6.07, 6.45) is 6.84. The van der Waals surface area contributed by atoms with Crippen molar-refractivity contribution in [2.24, 2.45) is 21.7 Å². The zero-order chi connectivity index (χ0) is 16.7. The maximum absolute atomic E-state index is 5.93. The van der Waals surface area contributed by atoms with Crippen LogP contribution < -0.4 is 5.32 Å². The summed E-state index contributed by atoms with van der Waals surface area (Å²) in [6, 6.07) is 0.494. The van der Waals surface area contributed by atoms with Crippen LogP contribution in [0.2, 0.25) is 0 Å². The van der Waals surface area contributed by atoms with E-state index in [9.17, 15) is 0 Å². The van der Waals surface area contributed by atoms with Crippen molar-refractivity contribution in [2.45, 2.75) is 71.9 Å². The lowest BCUT2D eigenvalue weighted by Crippen LogP contribution is -2.68. The van der Waals surface area contributed by atoms with Crippen LogP contribution in [0.15, 0.2) is 4.99 Å². The first kappa shape index (κ1) is 20.3. The van der Waals surface area contributed by atoms with Crippen LogP contribution >= 0.6 is 24.0 Å². The Kier molecular flexibility index (Phi) is 6.49. The minimum absolute atomic E-state index is 0. The summed E-state index contributed by atoms with van der Waals surface area (Å²) in [7, 11) is 1.93. The molecule has 4 nitrogen and oxygen atoms in total. The van der Waals surface area contributed by atoms with Crippen molar-refractivity contribution >= 4 is 29.9 Å². The molecule has 3 aliphatic rings. The Morgan fingerprint density at radius 1 is 1.33 bits per heavy atom. The second-order valence-electron chi connectivity index (χ2n) is 8.82. The van der Waals surface area contributed by atoms with E-state index in [1.807, 2.05) is 7.05 Å². The third-order valence-corrected chi connectivity index (χ3v) is 6.53. The van der Waals surface area contributed by atoms with Gasteiger partial charge in [-0.15, -0.1) is 24.0 Å². The Labute approximate surface area is 165 Å². The van der Waals surface area contributed by atoms with E-state index in [1.54, 1.807) is 0 Å². The summed E-state index contributed by atoms with van der Waals surface area (Å²) >= 11 is 0. The van der Waals surface area contributed by atoms with E-state index >= 15 is 0 Å². The molecule has 0 spiro atoms. The van der Waals surface area contributed by atoms with Gasteiger partial charge in [-0.05, 0) is 31.1 Å². The molecule has 2 heterocycles. The van der Waals surface area contributed by atoms with Gasteiger partial charge in [0.05, 0.1) is 6.10 Å². The molecule has 24 heavy (non-hydrogen) atoms. The third-order valence-electron chi connectivity index (χ3n) is 6.53. The van der Waals surface area contributed by atoms with Gasteiger partial charge in [0, 0.05) is 44.1 Å². The molecule has 140 valence electrons. The standard InChI is InChI=1S/C19H35N3O.HI/c1-6-9-19(4)10-7-11-22(13-19)17(20-5)21-15-14-8-12-23-16(14)18(15,2)3;/h14-16H,6-13H2,1-5H3,(H,20,21);1H. The molecule has 1 N–H and O–H groups in total. The molecule has 3 rings (SSSR count). The van der Waals surface area contributed by atoms with Crippen LogP contribution in [0.1, 0.15) is 59.8 Å². The predicted molar refractivity (Wildman–Crippen MR) is 111 cm³/mol. The van der Waals surface area contributed by atoms with Crippen LogP contribution in [0, 0.1) is 16.7 Å². The highest BCUT2D eigenvalue weighted by Gasteiger charge is 2.59. The lowest BCUT2D eigenvalue weighted by atomic mass is 9.57. The van der Waals surface area contributed by atoms with Crippen molar-refractivity contribution in [3.05, 3.63) is 0 Å². The Balaban J connectivity index is 0.00000208. The number of nitrogens with one attached hydrogen (secondary N) is 1. The Morgan fingerprint density at radius 3 is 2.75 bits per heavy atom. The second kappa shape index (κ2) is 7.68. The molecule has 0 amide bonds. The molecule has 0 bridgehead atoms. The quantitative estimate of drug-likeness (QED) is 0.404. The normalized spacial score (nSPS) is 38.1. The van der Waals surface area contributed by atoms with Gasteiger partial charge in [-0.1, -0.05) is 34.1 Å². The fourth-order valence-electron chi connectivity index (χ4n) is 5.36. The van der Waals surface area contributed by atoms with Gasteiger partial charge in [0.2, 0.25) is 0 Å². The number of aliphatic imine (C=N–C) groups is 1. The Morgan fingerprint density at radius 2 is 2.08 bits per heavy atom. The maximum atomic E-state index is 5.93. The topological polar surface area (TPSA) is 36.9 Å². The number of guanidine groups is 1. The summed E-state index contributed by atoms with van der Waals surface area (Å²) in [5.41, 5.74) is 0.651. The number of ether oxygens (including phenoxy) is 1. The van der Waals surface area contributed by atoms with Crippen molar-refractivity contribution in [1.29, 1.82) is 0 Å². The van der Waals surface area contributed by atoms with Crippen molar-refractivity contribution < 1.29 is 4.74 Å². The molecule has 1 saturated carbocycles. The van der Waals surface area contributed by atoms with Crippen molar-refractivity contribution in [2.75, 3.05) is 26.7 Å². The van der Waals surface area contributed by atoms with E-state index < -0.39 is 0 Å². The van der Waals surface area contributed by atoms with Crippen LogP contribution in [0.3, 0.4) is 0 Å². The molecular weight excluding hydrogens is 413 g/mol. The molecule has 2 saturated heterocycles. The Bertz CT molecular complexity index is 464. The van der Waals surface area contributed by atoms with Crippen LogP contribution in [0.4, 0.5) is 0 Å². The molecule has 0 aromatic heterocycles. The van der Waals surface area contributed by atoms with E-state index in [0.29, 0.717) is 23.5 Å². The first-order chi connectivity index (χ1) is 10.9. The maximum Gasteiger partial charge on any atom is 0.193 e. The van der Waals surface area contributed by atoms with Crippen molar-refractivity contribution in [1.82, 2.24) is 10.2 Å². The highest BCUT2D eigenvalue weighted by molar-refractivity contribution is 14.0. The number of fused-ring (bicyclic) bond motifs is 1. The summed E-state index contributed by atoms with van der Waals surface area (Å²) in [5.74, 6) is 1.77. The summed E-state index contributed by atoms with van der Waals surface area (Å²) in [6.45, 7) is 12.6. The highest BCUT2D eigenvalue weighted by atomic mass is 127. The minimum Gasteiger partial charge on any atom is -0.377 e. The highest BCUT2D eigenvalue weighted by Crippen LogP contribution is 2.52. The Hall–Kier alpha value is -0.0400. The van der Waals surface area contributed by atoms with E-state index in [-0.39, 0.29) is 29.4 Å². The number of piperidine rings is 1. The van der Waals surface area contributed by atoms with Crippen molar-refractivity contribution in [3.63, 3.8) is 0 Å². The van der Waals surface area contributed by atoms with Crippen LogP contribution in [0.25, 0.3) is 0 Å². The van der Waals surface area contributed by atoms with E-state index in [4.69, 9.17) is 4.74 Å². The van der Waals surface area contributed by atoms with Gasteiger partial charge in [-0.2, -0.15) is 0 Å². The average molecular weight is 449 g/mol. The second-order valence-corrected chi connectivity index (χ2v) is 8.82. The zero-order valence-corrected chi connectivity index (χ0v) is 18.4. The van der Waals surface area contributed by atoms with Gasteiger partial charge in [-0.3, -0.25) is 4.99 Å². The molecule has 1 aliphatic carbocycles. The summed E-state index contributed by atoms with van der Waals surface area (Å²) in [5, 5.41) is 3.81. The molecule has 0 aromatic carbocycles. The van der Waals surface area contributed by atoms with Gasteiger partial charge in [-0.25, -0.2) is 0 Å². The number of nitrogens with zero attached hydrogens (tertiary/aromatic N) is 2. The predicted octanol–water partition coefficient (Wildman–Crippen LogP) is 3.90. The van der Waals surface area contributed by atoms with E-state index in [0.717, 1.165) is 25.7 Å². The van der Waals surface area contributed by atoms with Crippen LogP contribution in [-0.4, -0.2) is 49.7 Å². The van der Waals surface area contributed by atoms with Crippen molar-refractivity contribution in [3.8, 4) is 0 Å². The SMILES string of the molecule is CCCC1(C)CCCN(C(=NC)NC2C3CCOC3C2(C)C)C1.I. The summed E-state index contributed by atoms with van der Waals surface area (Å²) < 4.78 is 5.93. The minimum atomic E-state index is 0. The molecular formula is C19H36IN3O. The largest absolute Gasteiger partial charge is 0.377 e. The van der Waals surface area contributed by atoms with E-state index in [1.165, 1.54) is 32.1 Å². The summed E-state index contributed by atoms with van der Waals surface area (Å²) in [4.78, 5) is 7.13. The fraction of sp³-hybridized carbons (Fsp3) is 0.947. The molecule has 0 radical (unpaired) electrons. The monoisotopic (exact) mass is 449 g/mol. The number of rotatable bonds is 3. The zero-order valence-electron chi connectivity index (χ0n) is 16.1. The first-order valence-corrected chi connectivity index (χ1v) is 9.51. The average Bonchev–Trinajstić information content (AvgIpc) is 2.95. The molecule has 4 atom stereocenters. The number of hydrogen-bond acceptors (Lipinski definition) is 2. The van der Waals surface area contributed by atoms with Gasteiger partial charge in [0.15, 0.2) is 5.96 Å². The lowest BCUT2D eigenvalue weighted by Gasteiger charge is -2.55. The van der Waals surface area contributed by atoms with Gasteiger partial charge < -0.3 is 15.0 Å². The molecule has 0 aromatic rings. The smallest absolute Gasteiger partial charge is 0.193 e. The molecule has 3 fully saturated rings. The third kappa shape index (κ3) is 3.57. The van der Waals surface area contributed by atoms with Gasteiger partial charge in [0.1, 0.15) is 0 Å². The van der Waals surface area contributed by atoms with Crippen LogP contribution in [-0.2, 0) is 4.74 Å². The van der Waals surface area contributed by atoms with Crippen LogP contribution in [0.5, 0.6) is 0 Å². The molecule has 4 unspecified atom stereocenters.